The first-order valence-electron chi connectivity index (χ1n) is 9.84. The van der Waals surface area contributed by atoms with E-state index in [1.54, 1.807) is 0 Å². The lowest BCUT2D eigenvalue weighted by Crippen LogP contribution is -2.50. The summed E-state index contributed by atoms with van der Waals surface area (Å²) in [6, 6.07) is 11.0. The summed E-state index contributed by atoms with van der Waals surface area (Å²) in [5, 5.41) is 6.17. The number of hydrogen-bond donors (Lipinski definition) is 2. The van der Waals surface area contributed by atoms with E-state index in [4.69, 9.17) is 4.74 Å². The lowest BCUT2D eigenvalue weighted by atomic mass is 10.1. The number of morpholine rings is 1. The Morgan fingerprint density at radius 2 is 2.07 bits per heavy atom. The fourth-order valence-electron chi connectivity index (χ4n) is 3.77. The number of nitrogens with zero attached hydrogens (tertiary/aromatic N) is 3. The van der Waals surface area contributed by atoms with Gasteiger partial charge in [-0.15, -0.1) is 0 Å². The van der Waals surface area contributed by atoms with Crippen LogP contribution >= 0.6 is 0 Å². The van der Waals surface area contributed by atoms with Crippen LogP contribution in [0.4, 0.5) is 0 Å². The van der Waals surface area contributed by atoms with Gasteiger partial charge < -0.3 is 20.3 Å². The predicted molar refractivity (Wildman–Crippen MR) is 107 cm³/mol. The number of carbonyl (C=O) groups excluding carboxylic acids is 1. The van der Waals surface area contributed by atoms with Crippen LogP contribution < -0.4 is 10.6 Å². The Balaban J connectivity index is 1.62. The Hall–Kier alpha value is -2.12. The van der Waals surface area contributed by atoms with Crippen molar-refractivity contribution in [3.05, 3.63) is 35.9 Å². The summed E-state index contributed by atoms with van der Waals surface area (Å²) in [4.78, 5) is 20.5. The van der Waals surface area contributed by atoms with E-state index in [-0.39, 0.29) is 12.0 Å². The number of carbonyl (C=O) groups is 1. The number of hydrogen-bond acceptors (Lipinski definition) is 4. The number of ether oxygens (including phenoxy) is 1. The molecule has 0 aromatic heterocycles. The Bertz CT molecular complexity index is 637. The van der Waals surface area contributed by atoms with Crippen molar-refractivity contribution in [3.8, 4) is 0 Å². The van der Waals surface area contributed by atoms with Crippen molar-refractivity contribution in [2.24, 2.45) is 4.99 Å². The molecule has 7 nitrogen and oxygen atoms in total. The zero-order valence-corrected chi connectivity index (χ0v) is 16.4. The van der Waals surface area contributed by atoms with Crippen LogP contribution in [0.15, 0.2) is 35.3 Å². The van der Waals surface area contributed by atoms with Gasteiger partial charge >= 0.3 is 0 Å². The number of aliphatic imine (C=N–C) groups is 1. The smallest absolute Gasteiger partial charge is 0.216 e. The highest BCUT2D eigenvalue weighted by atomic mass is 16.5. The van der Waals surface area contributed by atoms with Gasteiger partial charge in [0.2, 0.25) is 5.91 Å². The standard InChI is InChI=1S/C20H31N5O2/c1-3-21-20(23-10-9-22-16(2)26)25-14-18-19(15-25)27-12-11-24(18)13-17-7-5-4-6-8-17/h4-8,18-19H,3,9-15H2,1-2H3,(H,21,23)(H,22,26). The van der Waals surface area contributed by atoms with Crippen LogP contribution in [-0.4, -0.2) is 79.7 Å². The number of nitrogens with one attached hydrogen (secondary N) is 2. The Morgan fingerprint density at radius 3 is 2.81 bits per heavy atom. The third-order valence-corrected chi connectivity index (χ3v) is 5.03. The lowest BCUT2D eigenvalue weighted by molar-refractivity contribution is -0.118. The lowest BCUT2D eigenvalue weighted by Gasteiger charge is -2.36. The number of guanidine groups is 1. The molecule has 2 fully saturated rings. The highest BCUT2D eigenvalue weighted by Crippen LogP contribution is 2.24. The van der Waals surface area contributed by atoms with Gasteiger partial charge in [-0.05, 0) is 12.5 Å². The SMILES string of the molecule is CCNC(=NCCNC(C)=O)N1CC2OCCN(Cc3ccccc3)C2C1. The van der Waals surface area contributed by atoms with Crippen LogP contribution in [0.3, 0.4) is 0 Å². The zero-order chi connectivity index (χ0) is 19.1. The molecule has 1 amide bonds. The first-order valence-corrected chi connectivity index (χ1v) is 9.84. The highest BCUT2D eigenvalue weighted by molar-refractivity contribution is 5.80. The minimum atomic E-state index is -0.0210. The highest BCUT2D eigenvalue weighted by Gasteiger charge is 2.41. The van der Waals surface area contributed by atoms with E-state index in [2.05, 4.69) is 62.7 Å². The number of benzene rings is 1. The molecule has 7 heteroatoms. The summed E-state index contributed by atoms with van der Waals surface area (Å²) in [6.45, 7) is 9.99. The van der Waals surface area contributed by atoms with Gasteiger partial charge in [0.25, 0.3) is 0 Å². The average molecular weight is 374 g/mol. The van der Waals surface area contributed by atoms with Gasteiger partial charge in [0.1, 0.15) is 0 Å². The van der Waals surface area contributed by atoms with Gasteiger partial charge in [-0.1, -0.05) is 30.3 Å². The van der Waals surface area contributed by atoms with E-state index in [1.165, 1.54) is 12.5 Å². The largest absolute Gasteiger partial charge is 0.373 e. The molecule has 0 aliphatic carbocycles. The Labute approximate surface area is 161 Å². The normalized spacial score (nSPS) is 23.2. The molecule has 2 unspecified atom stereocenters. The fraction of sp³-hybridized carbons (Fsp3) is 0.600. The van der Waals surface area contributed by atoms with Crippen LogP contribution in [0.2, 0.25) is 0 Å². The van der Waals surface area contributed by atoms with Gasteiger partial charge in [-0.2, -0.15) is 0 Å². The molecule has 1 aromatic rings. The topological polar surface area (TPSA) is 69.2 Å². The summed E-state index contributed by atoms with van der Waals surface area (Å²) in [5.74, 6) is 0.882. The molecule has 2 atom stereocenters. The van der Waals surface area contributed by atoms with E-state index >= 15 is 0 Å². The van der Waals surface area contributed by atoms with Crippen molar-refractivity contribution in [2.45, 2.75) is 32.5 Å². The van der Waals surface area contributed by atoms with Crippen molar-refractivity contribution >= 4 is 11.9 Å². The third-order valence-electron chi connectivity index (χ3n) is 5.03. The second-order valence-electron chi connectivity index (χ2n) is 7.06. The molecule has 2 aliphatic heterocycles. The summed E-state index contributed by atoms with van der Waals surface area (Å²) in [5.41, 5.74) is 1.34. The van der Waals surface area contributed by atoms with Gasteiger partial charge in [0, 0.05) is 46.2 Å². The summed E-state index contributed by atoms with van der Waals surface area (Å²) >= 11 is 0. The first kappa shape index (κ1) is 19.6. The van der Waals surface area contributed by atoms with Crippen molar-refractivity contribution in [1.29, 1.82) is 0 Å². The number of likely N-dealkylation sites (tertiary alicyclic amines) is 1. The molecule has 148 valence electrons. The Morgan fingerprint density at radius 1 is 1.26 bits per heavy atom. The number of rotatable bonds is 6. The molecule has 0 bridgehead atoms. The van der Waals surface area contributed by atoms with Crippen molar-refractivity contribution in [3.63, 3.8) is 0 Å². The first-order chi connectivity index (χ1) is 13.2. The Kier molecular flexibility index (Phi) is 7.06. The second-order valence-corrected chi connectivity index (χ2v) is 7.06. The zero-order valence-electron chi connectivity index (χ0n) is 16.4. The summed E-state index contributed by atoms with van der Waals surface area (Å²) in [6.07, 6.45) is 0.210. The van der Waals surface area contributed by atoms with Crippen molar-refractivity contribution in [2.75, 3.05) is 45.9 Å². The number of fused-ring (bicyclic) bond motifs is 1. The molecule has 1 aromatic carbocycles. The van der Waals surface area contributed by atoms with Crippen LogP contribution in [-0.2, 0) is 16.1 Å². The average Bonchev–Trinajstić information content (AvgIpc) is 3.10. The quantitative estimate of drug-likeness (QED) is 0.436. The molecule has 2 aliphatic rings. The molecular weight excluding hydrogens is 342 g/mol. The van der Waals surface area contributed by atoms with Crippen LogP contribution in [0.25, 0.3) is 0 Å². The molecule has 2 N–H and O–H groups in total. The van der Waals surface area contributed by atoms with Crippen molar-refractivity contribution in [1.82, 2.24) is 20.4 Å². The van der Waals surface area contributed by atoms with Gasteiger partial charge in [0.05, 0.1) is 25.3 Å². The van der Waals surface area contributed by atoms with E-state index < -0.39 is 0 Å². The molecule has 0 saturated carbocycles. The molecule has 0 radical (unpaired) electrons. The monoisotopic (exact) mass is 373 g/mol. The van der Waals surface area contributed by atoms with Crippen LogP contribution in [0.5, 0.6) is 0 Å². The second kappa shape index (κ2) is 9.71. The van der Waals surface area contributed by atoms with E-state index in [0.29, 0.717) is 19.1 Å². The maximum atomic E-state index is 11.0. The molecular formula is C20H31N5O2. The van der Waals surface area contributed by atoms with E-state index in [0.717, 1.165) is 45.3 Å². The summed E-state index contributed by atoms with van der Waals surface area (Å²) in [7, 11) is 0. The van der Waals surface area contributed by atoms with E-state index in [1.807, 2.05) is 0 Å². The van der Waals surface area contributed by atoms with Crippen LogP contribution in [0.1, 0.15) is 19.4 Å². The fourth-order valence-corrected chi connectivity index (χ4v) is 3.77. The maximum Gasteiger partial charge on any atom is 0.216 e. The molecule has 2 heterocycles. The van der Waals surface area contributed by atoms with Gasteiger partial charge in [-0.25, -0.2) is 0 Å². The van der Waals surface area contributed by atoms with Crippen molar-refractivity contribution < 1.29 is 9.53 Å². The molecule has 0 spiro atoms. The molecule has 27 heavy (non-hydrogen) atoms. The number of amides is 1. The predicted octanol–water partition coefficient (Wildman–Crippen LogP) is 0.673. The third kappa shape index (κ3) is 5.43. The summed E-state index contributed by atoms with van der Waals surface area (Å²) < 4.78 is 6.06. The minimum Gasteiger partial charge on any atom is -0.373 e. The maximum absolute atomic E-state index is 11.0. The van der Waals surface area contributed by atoms with E-state index in [9.17, 15) is 4.79 Å². The molecule has 2 saturated heterocycles. The molecule has 3 rings (SSSR count). The minimum absolute atomic E-state index is 0.0210. The van der Waals surface area contributed by atoms with Crippen LogP contribution in [0, 0.1) is 0 Å². The van der Waals surface area contributed by atoms with Gasteiger partial charge in [0.15, 0.2) is 5.96 Å². The van der Waals surface area contributed by atoms with Gasteiger partial charge in [-0.3, -0.25) is 14.7 Å².